The lowest BCUT2D eigenvalue weighted by Crippen LogP contribution is -2.43. The van der Waals surface area contributed by atoms with Crippen LogP contribution in [0.25, 0.3) is 0 Å². The standard InChI is InChI=1S/C15H23N3OS/c1-5-18(12(2)10-17(3)4)15(19)13-9-14(20-11-13)7-6-8-16/h9,11-12H,5,8,10,16H2,1-4H3. The summed E-state index contributed by atoms with van der Waals surface area (Å²) in [6, 6.07) is 2.03. The molecule has 1 aromatic heterocycles. The van der Waals surface area contributed by atoms with E-state index in [1.54, 1.807) is 0 Å². The average molecular weight is 293 g/mol. The highest BCUT2D eigenvalue weighted by molar-refractivity contribution is 7.10. The molecule has 0 aliphatic carbocycles. The van der Waals surface area contributed by atoms with Gasteiger partial charge < -0.3 is 15.5 Å². The Bertz CT molecular complexity index is 499. The molecule has 110 valence electrons. The number of nitrogens with zero attached hydrogens (tertiary/aromatic N) is 2. The first-order valence-corrected chi connectivity index (χ1v) is 7.60. The number of carbonyl (C=O) groups is 1. The molecule has 0 saturated heterocycles. The van der Waals surface area contributed by atoms with Crippen molar-refractivity contribution < 1.29 is 4.79 Å². The van der Waals surface area contributed by atoms with Crippen molar-refractivity contribution in [2.45, 2.75) is 19.9 Å². The van der Waals surface area contributed by atoms with Crippen LogP contribution in [0, 0.1) is 11.8 Å². The molecule has 5 heteroatoms. The first-order valence-electron chi connectivity index (χ1n) is 6.72. The smallest absolute Gasteiger partial charge is 0.255 e. The Hall–Kier alpha value is -1.35. The summed E-state index contributed by atoms with van der Waals surface area (Å²) < 4.78 is 0. The van der Waals surface area contributed by atoms with E-state index in [-0.39, 0.29) is 11.9 Å². The highest BCUT2D eigenvalue weighted by Gasteiger charge is 2.21. The summed E-state index contributed by atoms with van der Waals surface area (Å²) in [5.41, 5.74) is 6.06. The second kappa shape index (κ2) is 8.05. The summed E-state index contributed by atoms with van der Waals surface area (Å²) in [5, 5.41) is 1.87. The SMILES string of the molecule is CCN(C(=O)c1csc(C#CCN)c1)C(C)CN(C)C. The molecule has 1 rings (SSSR count). The third kappa shape index (κ3) is 4.64. The van der Waals surface area contributed by atoms with Crippen molar-refractivity contribution in [3.8, 4) is 11.8 Å². The second-order valence-electron chi connectivity index (χ2n) is 4.91. The fourth-order valence-electron chi connectivity index (χ4n) is 2.10. The van der Waals surface area contributed by atoms with Gasteiger partial charge in [-0.1, -0.05) is 11.8 Å². The van der Waals surface area contributed by atoms with Crippen LogP contribution in [-0.4, -0.2) is 55.5 Å². The fraction of sp³-hybridized carbons (Fsp3) is 0.533. The number of likely N-dealkylation sites (N-methyl/N-ethyl adjacent to an activating group) is 2. The van der Waals surface area contributed by atoms with Gasteiger partial charge in [0.1, 0.15) is 0 Å². The van der Waals surface area contributed by atoms with Gasteiger partial charge in [0.25, 0.3) is 5.91 Å². The van der Waals surface area contributed by atoms with Crippen LogP contribution in [0.4, 0.5) is 0 Å². The minimum Gasteiger partial charge on any atom is -0.335 e. The van der Waals surface area contributed by atoms with Crippen molar-refractivity contribution in [1.29, 1.82) is 0 Å². The van der Waals surface area contributed by atoms with Crippen molar-refractivity contribution in [3.05, 3.63) is 21.9 Å². The van der Waals surface area contributed by atoms with Crippen LogP contribution in [0.1, 0.15) is 29.1 Å². The van der Waals surface area contributed by atoms with E-state index in [1.165, 1.54) is 11.3 Å². The van der Waals surface area contributed by atoms with Gasteiger partial charge in [-0.15, -0.1) is 11.3 Å². The van der Waals surface area contributed by atoms with Crippen molar-refractivity contribution in [3.63, 3.8) is 0 Å². The summed E-state index contributed by atoms with van der Waals surface area (Å²) >= 11 is 1.48. The van der Waals surface area contributed by atoms with E-state index in [4.69, 9.17) is 5.73 Å². The molecule has 0 aliphatic heterocycles. The summed E-state index contributed by atoms with van der Waals surface area (Å²) in [7, 11) is 4.03. The Balaban J connectivity index is 2.83. The third-order valence-electron chi connectivity index (χ3n) is 2.92. The zero-order chi connectivity index (χ0) is 15.1. The van der Waals surface area contributed by atoms with Gasteiger partial charge >= 0.3 is 0 Å². The Labute approximate surface area is 125 Å². The molecule has 0 aliphatic rings. The lowest BCUT2D eigenvalue weighted by molar-refractivity contribution is 0.0679. The van der Waals surface area contributed by atoms with Crippen molar-refractivity contribution in [2.24, 2.45) is 5.73 Å². The van der Waals surface area contributed by atoms with E-state index >= 15 is 0 Å². The van der Waals surface area contributed by atoms with Gasteiger partial charge in [-0.2, -0.15) is 0 Å². The second-order valence-corrected chi connectivity index (χ2v) is 5.82. The minimum atomic E-state index is 0.0684. The normalized spacial score (nSPS) is 11.9. The lowest BCUT2D eigenvalue weighted by Gasteiger charge is -2.29. The van der Waals surface area contributed by atoms with Gasteiger partial charge in [-0.25, -0.2) is 0 Å². The van der Waals surface area contributed by atoms with Gasteiger partial charge in [0.15, 0.2) is 0 Å². The van der Waals surface area contributed by atoms with E-state index < -0.39 is 0 Å². The van der Waals surface area contributed by atoms with Crippen LogP contribution in [0.15, 0.2) is 11.4 Å². The Morgan fingerprint density at radius 2 is 2.20 bits per heavy atom. The zero-order valence-corrected chi connectivity index (χ0v) is 13.5. The van der Waals surface area contributed by atoms with Crippen LogP contribution in [-0.2, 0) is 0 Å². The van der Waals surface area contributed by atoms with Crippen LogP contribution in [0.3, 0.4) is 0 Å². The number of amides is 1. The predicted molar refractivity (Wildman–Crippen MR) is 85.0 cm³/mol. The van der Waals surface area contributed by atoms with E-state index in [9.17, 15) is 4.79 Å². The molecule has 1 unspecified atom stereocenters. The van der Waals surface area contributed by atoms with Gasteiger partial charge in [0.05, 0.1) is 17.0 Å². The molecular weight excluding hydrogens is 270 g/mol. The highest BCUT2D eigenvalue weighted by Crippen LogP contribution is 2.17. The number of carbonyl (C=O) groups excluding carboxylic acids is 1. The molecule has 0 bridgehead atoms. The van der Waals surface area contributed by atoms with E-state index in [0.717, 1.165) is 11.4 Å². The lowest BCUT2D eigenvalue weighted by atomic mass is 10.2. The molecule has 0 aromatic carbocycles. The van der Waals surface area contributed by atoms with Gasteiger partial charge in [0.2, 0.25) is 0 Å². The number of hydrogen-bond acceptors (Lipinski definition) is 4. The van der Waals surface area contributed by atoms with Crippen molar-refractivity contribution in [1.82, 2.24) is 9.80 Å². The van der Waals surface area contributed by atoms with Gasteiger partial charge in [-0.3, -0.25) is 4.79 Å². The molecular formula is C15H23N3OS. The summed E-state index contributed by atoms with van der Waals surface area (Å²) in [4.78, 5) is 17.4. The molecule has 1 atom stereocenters. The zero-order valence-electron chi connectivity index (χ0n) is 12.6. The molecule has 0 fully saturated rings. The molecule has 0 saturated carbocycles. The number of nitrogens with two attached hydrogens (primary N) is 1. The van der Waals surface area contributed by atoms with Crippen LogP contribution < -0.4 is 5.73 Å². The van der Waals surface area contributed by atoms with E-state index in [0.29, 0.717) is 18.7 Å². The monoisotopic (exact) mass is 293 g/mol. The first-order chi connectivity index (χ1) is 9.49. The molecule has 1 heterocycles. The average Bonchev–Trinajstić information content (AvgIpc) is 2.84. The molecule has 0 radical (unpaired) electrons. The molecule has 1 amide bonds. The minimum absolute atomic E-state index is 0.0684. The molecule has 20 heavy (non-hydrogen) atoms. The maximum absolute atomic E-state index is 12.5. The molecule has 1 aromatic rings. The summed E-state index contributed by atoms with van der Waals surface area (Å²) in [6.07, 6.45) is 0. The molecule has 0 spiro atoms. The number of hydrogen-bond donors (Lipinski definition) is 1. The third-order valence-corrected chi connectivity index (χ3v) is 3.77. The maximum Gasteiger partial charge on any atom is 0.255 e. The summed E-state index contributed by atoms with van der Waals surface area (Å²) in [6.45, 7) is 5.97. The fourth-order valence-corrected chi connectivity index (χ4v) is 2.85. The van der Waals surface area contributed by atoms with Crippen LogP contribution in [0.2, 0.25) is 0 Å². The highest BCUT2D eigenvalue weighted by atomic mass is 32.1. The maximum atomic E-state index is 12.5. The van der Waals surface area contributed by atoms with Crippen molar-refractivity contribution >= 4 is 17.2 Å². The molecule has 2 N–H and O–H groups in total. The Kier molecular flexibility index (Phi) is 6.73. The number of thiophene rings is 1. The Morgan fingerprint density at radius 3 is 2.75 bits per heavy atom. The van der Waals surface area contributed by atoms with Crippen LogP contribution in [0.5, 0.6) is 0 Å². The molecule has 4 nitrogen and oxygen atoms in total. The predicted octanol–water partition coefficient (Wildman–Crippen LogP) is 1.47. The largest absolute Gasteiger partial charge is 0.335 e. The van der Waals surface area contributed by atoms with E-state index in [2.05, 4.69) is 23.7 Å². The number of rotatable bonds is 5. The van der Waals surface area contributed by atoms with Crippen LogP contribution >= 0.6 is 11.3 Å². The summed E-state index contributed by atoms with van der Waals surface area (Å²) in [5.74, 6) is 5.84. The van der Waals surface area contributed by atoms with E-state index in [1.807, 2.05) is 37.4 Å². The Morgan fingerprint density at radius 1 is 1.50 bits per heavy atom. The van der Waals surface area contributed by atoms with Gasteiger partial charge in [-0.05, 0) is 34.0 Å². The quantitative estimate of drug-likeness (QED) is 0.837. The van der Waals surface area contributed by atoms with Gasteiger partial charge in [0, 0.05) is 24.5 Å². The topological polar surface area (TPSA) is 49.6 Å². The first kappa shape index (κ1) is 16.7. The van der Waals surface area contributed by atoms with Crippen molar-refractivity contribution in [2.75, 3.05) is 33.7 Å².